The summed E-state index contributed by atoms with van der Waals surface area (Å²) in [5.41, 5.74) is 0.310. The lowest BCUT2D eigenvalue weighted by molar-refractivity contribution is -0.275. The van der Waals surface area contributed by atoms with Crippen LogP contribution < -0.4 is 4.74 Å². The molecule has 0 aliphatic rings. The van der Waals surface area contributed by atoms with Crippen molar-refractivity contribution >= 4 is 44.5 Å². The molecule has 0 atom stereocenters. The number of carboxylic acids is 1. The maximum absolute atomic E-state index is 12.2. The highest BCUT2D eigenvalue weighted by molar-refractivity contribution is 14.1. The molecule has 0 saturated heterocycles. The van der Waals surface area contributed by atoms with Gasteiger partial charge in [-0.25, -0.2) is 0 Å². The number of ether oxygens (including phenoxy) is 1. The van der Waals surface area contributed by atoms with E-state index in [0.717, 1.165) is 6.07 Å². The van der Waals surface area contributed by atoms with Gasteiger partial charge in [0.05, 0.1) is 21.4 Å². The topological polar surface area (TPSA) is 59.4 Å². The Balaban J connectivity index is 3.20. The number of pyridine rings is 1. The minimum absolute atomic E-state index is 0.0389. The van der Waals surface area contributed by atoms with E-state index in [-0.39, 0.29) is 20.3 Å². The van der Waals surface area contributed by atoms with E-state index in [1.807, 2.05) is 0 Å². The predicted molar refractivity (Wildman–Crippen MR) is 67.6 cm³/mol. The molecular formula is C9H6BrF3INO3. The van der Waals surface area contributed by atoms with Gasteiger partial charge in [0.15, 0.2) is 0 Å². The number of rotatable bonds is 4. The number of carboxylic acid groups (broad SMARTS) is 1. The van der Waals surface area contributed by atoms with Crippen LogP contribution in [-0.2, 0) is 16.5 Å². The van der Waals surface area contributed by atoms with E-state index in [1.54, 1.807) is 22.6 Å². The van der Waals surface area contributed by atoms with Crippen LogP contribution in [0.2, 0.25) is 0 Å². The second kappa shape index (κ2) is 6.04. The molecule has 1 rings (SSSR count). The van der Waals surface area contributed by atoms with Crippen molar-refractivity contribution in [3.8, 4) is 5.75 Å². The third-order valence-corrected chi connectivity index (χ3v) is 3.46. The molecule has 4 nitrogen and oxygen atoms in total. The molecule has 0 unspecified atom stereocenters. The highest BCUT2D eigenvalue weighted by atomic mass is 127. The number of hydrogen-bond acceptors (Lipinski definition) is 3. The van der Waals surface area contributed by atoms with Crippen LogP contribution in [0, 0.1) is 3.57 Å². The second-order valence-electron chi connectivity index (χ2n) is 3.12. The van der Waals surface area contributed by atoms with E-state index >= 15 is 0 Å². The van der Waals surface area contributed by atoms with Crippen LogP contribution in [0.25, 0.3) is 0 Å². The maximum Gasteiger partial charge on any atom is 0.573 e. The Hall–Kier alpha value is -0.580. The molecule has 1 heterocycles. The van der Waals surface area contributed by atoms with Crippen LogP contribution >= 0.6 is 38.5 Å². The Bertz CT molecular complexity index is 467. The average molecular weight is 440 g/mol. The highest BCUT2D eigenvalue weighted by Crippen LogP contribution is 2.30. The largest absolute Gasteiger partial charge is 0.573 e. The van der Waals surface area contributed by atoms with Gasteiger partial charge in [-0.1, -0.05) is 15.9 Å². The molecule has 1 N–H and O–H groups in total. The number of alkyl halides is 4. The third-order valence-electron chi connectivity index (χ3n) is 1.73. The molecule has 0 aliphatic heterocycles. The van der Waals surface area contributed by atoms with Crippen molar-refractivity contribution in [2.45, 2.75) is 18.1 Å². The van der Waals surface area contributed by atoms with E-state index in [4.69, 9.17) is 5.11 Å². The molecular weight excluding hydrogens is 434 g/mol. The molecule has 18 heavy (non-hydrogen) atoms. The quantitative estimate of drug-likeness (QED) is 0.578. The highest BCUT2D eigenvalue weighted by Gasteiger charge is 2.32. The van der Waals surface area contributed by atoms with Crippen LogP contribution in [0.3, 0.4) is 0 Å². The lowest BCUT2D eigenvalue weighted by Crippen LogP contribution is -2.19. The summed E-state index contributed by atoms with van der Waals surface area (Å²) in [6, 6.07) is 1.12. The van der Waals surface area contributed by atoms with Crippen molar-refractivity contribution in [3.05, 3.63) is 21.0 Å². The van der Waals surface area contributed by atoms with Crippen LogP contribution in [-0.4, -0.2) is 22.4 Å². The first-order valence-corrected chi connectivity index (χ1v) is 6.64. The molecule has 1 aromatic rings. The van der Waals surface area contributed by atoms with Crippen molar-refractivity contribution < 1.29 is 27.8 Å². The van der Waals surface area contributed by atoms with Crippen molar-refractivity contribution in [1.29, 1.82) is 0 Å². The van der Waals surface area contributed by atoms with E-state index in [9.17, 15) is 18.0 Å². The van der Waals surface area contributed by atoms with Gasteiger partial charge in [0.25, 0.3) is 0 Å². The third kappa shape index (κ3) is 4.59. The molecule has 100 valence electrons. The molecule has 0 saturated carbocycles. The molecule has 0 amide bonds. The maximum atomic E-state index is 12.2. The first-order chi connectivity index (χ1) is 8.23. The monoisotopic (exact) mass is 439 g/mol. The van der Waals surface area contributed by atoms with Crippen molar-refractivity contribution in [2.75, 3.05) is 0 Å². The lowest BCUT2D eigenvalue weighted by Gasteiger charge is -2.13. The number of aromatic nitrogens is 1. The van der Waals surface area contributed by atoms with E-state index in [0.29, 0.717) is 0 Å². The minimum atomic E-state index is -4.83. The minimum Gasteiger partial charge on any atom is -0.481 e. The Morgan fingerprint density at radius 1 is 1.56 bits per heavy atom. The fraction of sp³-hybridized carbons (Fsp3) is 0.333. The van der Waals surface area contributed by atoms with Gasteiger partial charge in [-0.15, -0.1) is 13.2 Å². The summed E-state index contributed by atoms with van der Waals surface area (Å²) in [6.07, 6.45) is -5.29. The SMILES string of the molecule is O=C(O)Cc1nc(CBr)cc(OC(F)(F)F)c1I. The predicted octanol–water partition coefficient (Wildman–Crippen LogP) is 3.11. The van der Waals surface area contributed by atoms with E-state index in [1.165, 1.54) is 0 Å². The van der Waals surface area contributed by atoms with Crippen LogP contribution in [0.4, 0.5) is 13.2 Å². The second-order valence-corrected chi connectivity index (χ2v) is 4.76. The summed E-state index contributed by atoms with van der Waals surface area (Å²) in [6.45, 7) is 0. The van der Waals surface area contributed by atoms with E-state index < -0.39 is 24.5 Å². The summed E-state index contributed by atoms with van der Waals surface area (Å²) in [7, 11) is 0. The first-order valence-electron chi connectivity index (χ1n) is 4.44. The summed E-state index contributed by atoms with van der Waals surface area (Å²) in [4.78, 5) is 14.5. The molecule has 0 spiro atoms. The zero-order valence-electron chi connectivity index (χ0n) is 8.59. The molecule has 0 radical (unpaired) electrons. The molecule has 1 aromatic heterocycles. The van der Waals surface area contributed by atoms with Gasteiger partial charge >= 0.3 is 12.3 Å². The zero-order chi connectivity index (χ0) is 13.9. The summed E-state index contributed by atoms with van der Waals surface area (Å²) in [5.74, 6) is -1.62. The number of nitrogens with zero attached hydrogens (tertiary/aromatic N) is 1. The fourth-order valence-corrected chi connectivity index (χ4v) is 2.00. The number of aliphatic carboxylic acids is 1. The Labute approximate surface area is 122 Å². The number of halogens is 5. The Morgan fingerprint density at radius 2 is 2.17 bits per heavy atom. The summed E-state index contributed by atoms with van der Waals surface area (Å²) < 4.78 is 40.4. The van der Waals surface area contributed by atoms with Crippen LogP contribution in [0.5, 0.6) is 5.75 Å². The van der Waals surface area contributed by atoms with E-state index in [2.05, 4.69) is 25.7 Å². The van der Waals surface area contributed by atoms with Gasteiger partial charge in [-0.3, -0.25) is 9.78 Å². The lowest BCUT2D eigenvalue weighted by atomic mass is 10.2. The zero-order valence-corrected chi connectivity index (χ0v) is 12.3. The van der Waals surface area contributed by atoms with Gasteiger partial charge in [-0.2, -0.15) is 0 Å². The molecule has 0 aromatic carbocycles. The van der Waals surface area contributed by atoms with Gasteiger partial charge in [-0.05, 0) is 22.6 Å². The Kier molecular flexibility index (Phi) is 5.20. The first kappa shape index (κ1) is 15.5. The normalized spacial score (nSPS) is 11.4. The van der Waals surface area contributed by atoms with Gasteiger partial charge in [0, 0.05) is 11.4 Å². The molecule has 0 bridgehead atoms. The summed E-state index contributed by atoms with van der Waals surface area (Å²) >= 11 is 4.63. The standard InChI is InChI=1S/C9H6BrF3INO3/c10-3-4-1-6(18-9(11,12)13)8(14)5(15-4)2-7(16)17/h1H,2-3H2,(H,16,17). The van der Waals surface area contributed by atoms with Crippen molar-refractivity contribution in [3.63, 3.8) is 0 Å². The van der Waals surface area contributed by atoms with Gasteiger partial charge in [0.1, 0.15) is 5.75 Å². The number of hydrogen-bond donors (Lipinski definition) is 1. The smallest absolute Gasteiger partial charge is 0.481 e. The molecule has 9 heteroatoms. The van der Waals surface area contributed by atoms with Crippen LogP contribution in [0.15, 0.2) is 6.07 Å². The number of carbonyl (C=O) groups is 1. The van der Waals surface area contributed by atoms with Crippen molar-refractivity contribution in [1.82, 2.24) is 4.98 Å². The van der Waals surface area contributed by atoms with Gasteiger partial charge < -0.3 is 9.84 Å². The summed E-state index contributed by atoms with van der Waals surface area (Å²) in [5, 5.41) is 8.86. The fourth-order valence-electron chi connectivity index (χ4n) is 1.14. The Morgan fingerprint density at radius 3 is 2.61 bits per heavy atom. The van der Waals surface area contributed by atoms with Crippen molar-refractivity contribution in [2.24, 2.45) is 0 Å². The average Bonchev–Trinajstić information content (AvgIpc) is 2.21. The molecule has 0 aliphatic carbocycles. The van der Waals surface area contributed by atoms with Gasteiger partial charge in [0.2, 0.25) is 0 Å². The van der Waals surface area contributed by atoms with Crippen LogP contribution in [0.1, 0.15) is 11.4 Å². The molecule has 0 fully saturated rings.